The quantitative estimate of drug-likeness (QED) is 0.657. The van der Waals surface area contributed by atoms with Crippen LogP contribution in [0.4, 0.5) is 0 Å². The Labute approximate surface area is 158 Å². The van der Waals surface area contributed by atoms with Gasteiger partial charge in [-0.3, -0.25) is 4.79 Å². The minimum absolute atomic E-state index is 0.253. The van der Waals surface area contributed by atoms with Crippen molar-refractivity contribution >= 4 is 13.9 Å². The first kappa shape index (κ1) is 18.2. The van der Waals surface area contributed by atoms with Crippen LogP contribution in [-0.2, 0) is 14.3 Å². The Hall–Kier alpha value is -1.13. The minimum atomic E-state index is -1.75. The summed E-state index contributed by atoms with van der Waals surface area (Å²) in [5.41, 5.74) is 3.55. The van der Waals surface area contributed by atoms with Crippen LogP contribution in [0.25, 0.3) is 0 Å². The molecule has 3 atom stereocenters. The monoisotopic (exact) mass is 372 g/mol. The molecule has 142 valence electrons. The number of methoxy groups -OCH3 is 2. The number of carbonyl (C=O) groups excluding carboxylic acids is 1. The van der Waals surface area contributed by atoms with Crippen molar-refractivity contribution in [2.24, 2.45) is 11.8 Å². The lowest BCUT2D eigenvalue weighted by molar-refractivity contribution is -0.145. The van der Waals surface area contributed by atoms with Gasteiger partial charge in [0.2, 0.25) is 0 Å². The molecule has 0 aromatic rings. The number of allylic oxidation sites excluding steroid dienone is 4. The molecule has 0 saturated heterocycles. The van der Waals surface area contributed by atoms with Gasteiger partial charge in [-0.05, 0) is 72.4 Å². The molecular weight excluding hydrogens is 340 g/mol. The number of ether oxygens (including phenoxy) is 2. The largest absolute Gasteiger partial charge is 0.501 e. The third kappa shape index (κ3) is 2.37. The van der Waals surface area contributed by atoms with Crippen molar-refractivity contribution in [3.05, 3.63) is 33.8 Å². The van der Waals surface area contributed by atoms with Crippen LogP contribution >= 0.6 is 0 Å². The Morgan fingerprint density at radius 3 is 2.50 bits per heavy atom. The molecule has 4 aliphatic rings. The molecule has 3 nitrogen and oxygen atoms in total. The fraction of sp³-hybridized carbons (Fsp3) is 0.682. The van der Waals surface area contributed by atoms with E-state index in [0.717, 1.165) is 44.3 Å². The summed E-state index contributed by atoms with van der Waals surface area (Å²) in [6, 6.07) is 0. The van der Waals surface area contributed by atoms with E-state index in [0.29, 0.717) is 11.7 Å². The molecule has 2 saturated carbocycles. The topological polar surface area (TPSA) is 35.5 Å². The van der Waals surface area contributed by atoms with Crippen molar-refractivity contribution in [3.63, 3.8) is 0 Å². The SMILES string of the molecule is COC1=CC[C@H]2[C@@H](CCC3=C4CCCC4=C([Si](C)(C)C)C(=O)[C@@]32OC)C1. The summed E-state index contributed by atoms with van der Waals surface area (Å²) >= 11 is 0. The van der Waals surface area contributed by atoms with Gasteiger partial charge in [0.25, 0.3) is 0 Å². The second-order valence-corrected chi connectivity index (χ2v) is 14.4. The molecule has 26 heavy (non-hydrogen) atoms. The van der Waals surface area contributed by atoms with E-state index in [4.69, 9.17) is 9.47 Å². The molecule has 0 aromatic carbocycles. The number of carbonyl (C=O) groups is 1. The lowest BCUT2D eigenvalue weighted by Gasteiger charge is -2.52. The van der Waals surface area contributed by atoms with E-state index < -0.39 is 13.7 Å². The fourth-order valence-corrected chi connectivity index (χ4v) is 8.21. The van der Waals surface area contributed by atoms with Crippen molar-refractivity contribution in [3.8, 4) is 0 Å². The summed E-state index contributed by atoms with van der Waals surface area (Å²) in [6.07, 6.45) is 9.61. The summed E-state index contributed by atoms with van der Waals surface area (Å²) in [5, 5.41) is 1.18. The minimum Gasteiger partial charge on any atom is -0.501 e. The predicted molar refractivity (Wildman–Crippen MR) is 107 cm³/mol. The van der Waals surface area contributed by atoms with Gasteiger partial charge in [0, 0.05) is 19.4 Å². The highest BCUT2D eigenvalue weighted by molar-refractivity contribution is 6.87. The third-order valence-corrected chi connectivity index (χ3v) is 9.18. The summed E-state index contributed by atoms with van der Waals surface area (Å²) in [5.74, 6) is 2.14. The lowest BCUT2D eigenvalue weighted by atomic mass is 9.58. The van der Waals surface area contributed by atoms with Gasteiger partial charge in [0.05, 0.1) is 20.9 Å². The Bertz CT molecular complexity index is 737. The van der Waals surface area contributed by atoms with Crippen molar-refractivity contribution in [2.45, 2.75) is 70.2 Å². The van der Waals surface area contributed by atoms with E-state index in [1.807, 2.05) is 0 Å². The van der Waals surface area contributed by atoms with Crippen LogP contribution < -0.4 is 0 Å². The van der Waals surface area contributed by atoms with Crippen molar-refractivity contribution in [1.29, 1.82) is 0 Å². The van der Waals surface area contributed by atoms with Gasteiger partial charge < -0.3 is 9.47 Å². The zero-order chi connectivity index (χ0) is 18.7. The second-order valence-electron chi connectivity index (χ2n) is 9.40. The molecule has 0 spiro atoms. The molecule has 0 aliphatic heterocycles. The van der Waals surface area contributed by atoms with Crippen LogP contribution in [-0.4, -0.2) is 33.7 Å². The number of ketones is 1. The molecule has 4 heteroatoms. The zero-order valence-corrected chi connectivity index (χ0v) is 17.9. The Kier molecular flexibility index (Phi) is 4.35. The molecule has 0 amide bonds. The normalized spacial score (nSPS) is 34.3. The van der Waals surface area contributed by atoms with Gasteiger partial charge in [0.1, 0.15) is 0 Å². The van der Waals surface area contributed by atoms with Crippen LogP contribution in [0.3, 0.4) is 0 Å². The molecule has 0 unspecified atom stereocenters. The van der Waals surface area contributed by atoms with Gasteiger partial charge in [-0.25, -0.2) is 0 Å². The van der Waals surface area contributed by atoms with Crippen LogP contribution in [0.15, 0.2) is 33.8 Å². The Morgan fingerprint density at radius 1 is 1.12 bits per heavy atom. The Balaban J connectivity index is 1.90. The predicted octanol–water partition coefficient (Wildman–Crippen LogP) is 4.96. The first-order chi connectivity index (χ1) is 12.3. The van der Waals surface area contributed by atoms with Crippen LogP contribution in [0.1, 0.15) is 44.9 Å². The highest BCUT2D eigenvalue weighted by atomic mass is 28.3. The van der Waals surface area contributed by atoms with Crippen molar-refractivity contribution in [2.75, 3.05) is 14.2 Å². The first-order valence-corrected chi connectivity index (χ1v) is 13.6. The molecule has 4 rings (SSSR count). The summed E-state index contributed by atoms with van der Waals surface area (Å²) in [4.78, 5) is 14.1. The maximum atomic E-state index is 14.1. The zero-order valence-electron chi connectivity index (χ0n) is 16.9. The van der Waals surface area contributed by atoms with Crippen LogP contribution in [0, 0.1) is 11.8 Å². The molecule has 0 aromatic heterocycles. The molecule has 4 aliphatic carbocycles. The number of hydrogen-bond donors (Lipinski definition) is 0. The number of Topliss-reactive ketones (excluding diaryl/α,β-unsaturated/α-hetero) is 1. The van der Waals surface area contributed by atoms with Crippen molar-refractivity contribution < 1.29 is 14.3 Å². The maximum absolute atomic E-state index is 14.1. The highest BCUT2D eigenvalue weighted by Crippen LogP contribution is 2.57. The summed E-state index contributed by atoms with van der Waals surface area (Å²) < 4.78 is 11.8. The molecule has 2 fully saturated rings. The van der Waals surface area contributed by atoms with Gasteiger partial charge in [-0.15, -0.1) is 0 Å². The van der Waals surface area contributed by atoms with Gasteiger partial charge >= 0.3 is 0 Å². The van der Waals surface area contributed by atoms with E-state index in [2.05, 4.69) is 25.7 Å². The van der Waals surface area contributed by atoms with E-state index in [9.17, 15) is 4.79 Å². The maximum Gasteiger partial charge on any atom is 0.191 e. The smallest absolute Gasteiger partial charge is 0.191 e. The molecule has 0 heterocycles. The standard InChI is InChI=1S/C22H32O3Si/c1-24-15-10-12-18-14(13-15)9-11-19-16-7-6-8-17(16)20(26(3,4)5)21(23)22(18,19)25-2/h10,14,18H,6-9,11-13H2,1-5H3/t14-,18-,22-/m0/s1. The summed E-state index contributed by atoms with van der Waals surface area (Å²) in [6.45, 7) is 6.96. The molecule has 0 N–H and O–H groups in total. The highest BCUT2D eigenvalue weighted by Gasteiger charge is 2.59. The van der Waals surface area contributed by atoms with E-state index >= 15 is 0 Å². The number of hydrogen-bond acceptors (Lipinski definition) is 3. The molecule has 0 bridgehead atoms. The van der Waals surface area contributed by atoms with Crippen molar-refractivity contribution in [1.82, 2.24) is 0 Å². The second kappa shape index (κ2) is 6.20. The summed E-state index contributed by atoms with van der Waals surface area (Å²) in [7, 11) is 1.79. The average Bonchev–Trinajstić information content (AvgIpc) is 3.08. The molecular formula is C22H32O3Si. The number of rotatable bonds is 3. The average molecular weight is 373 g/mol. The van der Waals surface area contributed by atoms with Crippen LogP contribution in [0.2, 0.25) is 19.6 Å². The van der Waals surface area contributed by atoms with Gasteiger partial charge in [-0.2, -0.15) is 0 Å². The fourth-order valence-electron chi connectivity index (χ4n) is 6.16. The molecule has 0 radical (unpaired) electrons. The first-order valence-electron chi connectivity index (χ1n) is 10.1. The van der Waals surface area contributed by atoms with Gasteiger partial charge in [-0.1, -0.05) is 19.6 Å². The van der Waals surface area contributed by atoms with Crippen LogP contribution in [0.5, 0.6) is 0 Å². The Morgan fingerprint density at radius 2 is 1.85 bits per heavy atom. The third-order valence-electron chi connectivity index (χ3n) is 7.15. The van der Waals surface area contributed by atoms with E-state index in [1.54, 1.807) is 14.2 Å². The van der Waals surface area contributed by atoms with Gasteiger partial charge in [0.15, 0.2) is 11.4 Å². The lowest BCUT2D eigenvalue weighted by Crippen LogP contribution is -2.59. The van der Waals surface area contributed by atoms with E-state index in [1.165, 1.54) is 28.3 Å². The number of fused-ring (bicyclic) bond motifs is 4. The van der Waals surface area contributed by atoms with E-state index in [-0.39, 0.29) is 5.92 Å².